The largest absolute Gasteiger partial charge is 0.481 e. The zero-order valence-corrected chi connectivity index (χ0v) is 11.0. The molecule has 0 aliphatic heterocycles. The molecule has 1 aliphatic rings. The van der Waals surface area contributed by atoms with Crippen LogP contribution < -0.4 is 5.32 Å². The fourth-order valence-corrected chi connectivity index (χ4v) is 2.36. The molecule has 0 unspecified atom stereocenters. The number of carboxylic acids is 1. The summed E-state index contributed by atoms with van der Waals surface area (Å²) in [5.41, 5.74) is -0.945. The van der Waals surface area contributed by atoms with Crippen molar-refractivity contribution in [3.8, 4) is 0 Å². The molecule has 1 saturated carbocycles. The molecule has 5 nitrogen and oxygen atoms in total. The first-order valence-corrected chi connectivity index (χ1v) is 6.38. The molecule has 19 heavy (non-hydrogen) atoms. The molecule has 0 aromatic heterocycles. The van der Waals surface area contributed by atoms with Crippen LogP contribution in [0.5, 0.6) is 0 Å². The topological polar surface area (TPSA) is 69.6 Å². The number of amides is 2. The number of hydrogen-bond acceptors (Lipinski definition) is 2. The molecular formula is C12H20F2N2O3. The quantitative estimate of drug-likeness (QED) is 0.807. The van der Waals surface area contributed by atoms with E-state index in [0.29, 0.717) is 12.8 Å². The predicted molar refractivity (Wildman–Crippen MR) is 65.2 cm³/mol. The van der Waals surface area contributed by atoms with Gasteiger partial charge in [0, 0.05) is 13.6 Å². The van der Waals surface area contributed by atoms with Crippen molar-refractivity contribution in [2.24, 2.45) is 5.41 Å². The van der Waals surface area contributed by atoms with Crippen LogP contribution in [0.4, 0.5) is 13.6 Å². The molecule has 110 valence electrons. The molecule has 2 N–H and O–H groups in total. The number of aliphatic carboxylic acids is 1. The average molecular weight is 278 g/mol. The van der Waals surface area contributed by atoms with E-state index in [0.717, 1.165) is 24.2 Å². The molecule has 0 saturated heterocycles. The zero-order valence-electron chi connectivity index (χ0n) is 11.0. The fourth-order valence-electron chi connectivity index (χ4n) is 2.36. The van der Waals surface area contributed by atoms with Gasteiger partial charge in [0.1, 0.15) is 0 Å². The Morgan fingerprint density at radius 1 is 1.32 bits per heavy atom. The molecule has 1 fully saturated rings. The van der Waals surface area contributed by atoms with Gasteiger partial charge >= 0.3 is 12.0 Å². The van der Waals surface area contributed by atoms with Crippen LogP contribution in [0.15, 0.2) is 0 Å². The molecule has 0 spiro atoms. The third kappa shape index (κ3) is 4.33. The molecule has 0 aromatic carbocycles. The maximum atomic E-state index is 12.1. The zero-order chi connectivity index (χ0) is 14.5. The van der Waals surface area contributed by atoms with Gasteiger partial charge in [0.25, 0.3) is 6.43 Å². The van der Waals surface area contributed by atoms with Crippen LogP contribution in [0.1, 0.15) is 32.1 Å². The van der Waals surface area contributed by atoms with Crippen molar-refractivity contribution in [2.45, 2.75) is 38.5 Å². The summed E-state index contributed by atoms with van der Waals surface area (Å²) < 4.78 is 24.3. The van der Waals surface area contributed by atoms with Crippen molar-refractivity contribution in [3.05, 3.63) is 0 Å². The van der Waals surface area contributed by atoms with Crippen molar-refractivity contribution in [3.63, 3.8) is 0 Å². The van der Waals surface area contributed by atoms with Gasteiger partial charge in [0.05, 0.1) is 12.0 Å². The van der Waals surface area contributed by atoms with Gasteiger partial charge < -0.3 is 15.3 Å². The second-order valence-corrected chi connectivity index (χ2v) is 5.08. The highest BCUT2D eigenvalue weighted by Crippen LogP contribution is 2.36. The van der Waals surface area contributed by atoms with E-state index in [9.17, 15) is 23.5 Å². The summed E-state index contributed by atoms with van der Waals surface area (Å²) in [5.74, 6) is -0.927. The van der Waals surface area contributed by atoms with Gasteiger partial charge in [0.2, 0.25) is 0 Å². The summed E-state index contributed by atoms with van der Waals surface area (Å²) in [6.07, 6.45) is 1.06. The first kappa shape index (κ1) is 15.7. The molecule has 0 radical (unpaired) electrons. The van der Waals surface area contributed by atoms with Gasteiger partial charge in [-0.15, -0.1) is 0 Å². The van der Waals surface area contributed by atoms with Gasteiger partial charge in [0.15, 0.2) is 0 Å². The molecular weight excluding hydrogens is 258 g/mol. The highest BCUT2D eigenvalue weighted by atomic mass is 19.3. The normalized spacial score (nSPS) is 18.1. The number of halogens is 2. The van der Waals surface area contributed by atoms with E-state index in [4.69, 9.17) is 0 Å². The van der Waals surface area contributed by atoms with E-state index in [2.05, 4.69) is 5.32 Å². The lowest BCUT2D eigenvalue weighted by Gasteiger charge is -2.33. The van der Waals surface area contributed by atoms with Crippen molar-refractivity contribution >= 4 is 12.0 Å². The number of nitrogens with one attached hydrogen (secondary N) is 1. The van der Waals surface area contributed by atoms with E-state index in [1.807, 2.05) is 0 Å². The third-order valence-electron chi connectivity index (χ3n) is 3.60. The molecule has 0 aromatic rings. The van der Waals surface area contributed by atoms with Crippen molar-refractivity contribution in [1.29, 1.82) is 0 Å². The van der Waals surface area contributed by atoms with E-state index in [1.165, 1.54) is 7.05 Å². The summed E-state index contributed by atoms with van der Waals surface area (Å²) in [6.45, 7) is -0.666. The van der Waals surface area contributed by atoms with E-state index in [1.54, 1.807) is 0 Å². The summed E-state index contributed by atoms with van der Waals surface area (Å²) in [6, 6.07) is -0.661. The summed E-state index contributed by atoms with van der Waals surface area (Å²) in [7, 11) is 1.26. The highest BCUT2D eigenvalue weighted by Gasteiger charge is 2.40. The van der Waals surface area contributed by atoms with E-state index in [-0.39, 0.29) is 6.54 Å². The number of hydrogen-bond donors (Lipinski definition) is 2. The Hall–Kier alpha value is -1.40. The first-order valence-electron chi connectivity index (χ1n) is 6.38. The smallest absolute Gasteiger partial charge is 0.317 e. The Kier molecular flexibility index (Phi) is 5.50. The number of carboxylic acid groups (broad SMARTS) is 1. The Labute approximate surface area is 111 Å². The minimum Gasteiger partial charge on any atom is -0.481 e. The molecule has 1 aliphatic carbocycles. The molecule has 0 atom stereocenters. The van der Waals surface area contributed by atoms with Crippen LogP contribution in [0.25, 0.3) is 0 Å². The van der Waals surface area contributed by atoms with Crippen LogP contribution in [-0.4, -0.2) is 48.6 Å². The van der Waals surface area contributed by atoms with E-state index < -0.39 is 30.4 Å². The highest BCUT2D eigenvalue weighted by molar-refractivity contribution is 5.78. The maximum absolute atomic E-state index is 12.1. The lowest BCUT2D eigenvalue weighted by atomic mass is 9.74. The lowest BCUT2D eigenvalue weighted by molar-refractivity contribution is -0.150. The second-order valence-electron chi connectivity index (χ2n) is 5.08. The van der Waals surface area contributed by atoms with Crippen LogP contribution in [-0.2, 0) is 4.79 Å². The van der Waals surface area contributed by atoms with Gasteiger partial charge in [-0.05, 0) is 12.8 Å². The number of carbonyl (C=O) groups is 2. The standard InChI is InChI=1S/C12H20F2N2O3/c1-16(7-9(13)14)11(19)15-8-12(10(17)18)5-3-2-4-6-12/h9H,2-8H2,1H3,(H,15,19)(H,17,18). The lowest BCUT2D eigenvalue weighted by Crippen LogP contribution is -2.48. The Balaban J connectivity index is 2.52. The van der Waals surface area contributed by atoms with Gasteiger partial charge in [-0.3, -0.25) is 4.79 Å². The summed E-state index contributed by atoms with van der Waals surface area (Å²) >= 11 is 0. The first-order chi connectivity index (χ1) is 8.87. The molecule has 0 heterocycles. The Morgan fingerprint density at radius 3 is 2.37 bits per heavy atom. The maximum Gasteiger partial charge on any atom is 0.317 e. The van der Waals surface area contributed by atoms with Gasteiger partial charge in [-0.2, -0.15) is 0 Å². The van der Waals surface area contributed by atoms with Crippen molar-refractivity contribution < 1.29 is 23.5 Å². The average Bonchev–Trinajstić information content (AvgIpc) is 2.36. The van der Waals surface area contributed by atoms with Crippen molar-refractivity contribution in [2.75, 3.05) is 20.1 Å². The van der Waals surface area contributed by atoms with Crippen LogP contribution in [0, 0.1) is 5.41 Å². The number of alkyl halides is 2. The molecule has 7 heteroatoms. The number of carbonyl (C=O) groups excluding carboxylic acids is 1. The Morgan fingerprint density at radius 2 is 1.89 bits per heavy atom. The minimum absolute atomic E-state index is 0.00521. The monoisotopic (exact) mass is 278 g/mol. The Bertz CT molecular complexity index is 331. The summed E-state index contributed by atoms with van der Waals surface area (Å²) in [4.78, 5) is 23.8. The van der Waals surface area contributed by atoms with Crippen LogP contribution in [0.2, 0.25) is 0 Å². The SMILES string of the molecule is CN(CC(F)F)C(=O)NCC1(C(=O)O)CCCCC1. The predicted octanol–water partition coefficient (Wildman–Crippen LogP) is 1.93. The van der Waals surface area contributed by atoms with Gasteiger partial charge in [-0.25, -0.2) is 13.6 Å². The van der Waals surface area contributed by atoms with Crippen LogP contribution >= 0.6 is 0 Å². The number of rotatable bonds is 5. The molecule has 0 bridgehead atoms. The second kappa shape index (κ2) is 6.68. The fraction of sp³-hybridized carbons (Fsp3) is 0.833. The van der Waals surface area contributed by atoms with E-state index >= 15 is 0 Å². The van der Waals surface area contributed by atoms with Gasteiger partial charge in [-0.1, -0.05) is 19.3 Å². The minimum atomic E-state index is -2.60. The summed E-state index contributed by atoms with van der Waals surface area (Å²) in [5, 5.41) is 11.8. The molecule has 2 amide bonds. The molecule has 1 rings (SSSR count). The van der Waals surface area contributed by atoms with Crippen molar-refractivity contribution in [1.82, 2.24) is 10.2 Å². The number of nitrogens with zero attached hydrogens (tertiary/aromatic N) is 1. The van der Waals surface area contributed by atoms with Crippen LogP contribution in [0.3, 0.4) is 0 Å². The number of urea groups is 1. The third-order valence-corrected chi connectivity index (χ3v) is 3.60.